The molecule has 0 spiro atoms. The van der Waals surface area contributed by atoms with Crippen molar-refractivity contribution in [2.24, 2.45) is 0 Å². The van der Waals surface area contributed by atoms with E-state index in [1.54, 1.807) is 27.4 Å². The van der Waals surface area contributed by atoms with Gasteiger partial charge >= 0.3 is 0 Å². The Morgan fingerprint density at radius 2 is 1.52 bits per heavy atom. The molecule has 1 aliphatic carbocycles. The number of phenolic OH excluding ortho intramolecular Hbond substituents is 1. The summed E-state index contributed by atoms with van der Waals surface area (Å²) in [6, 6.07) is 5.65. The topological polar surface area (TPSA) is 57.2 Å². The number of aryl methyl sites for hydroxylation is 1. The van der Waals surface area contributed by atoms with Crippen LogP contribution in [-0.2, 0) is 12.8 Å². The average molecular weight is 316 g/mol. The van der Waals surface area contributed by atoms with E-state index in [2.05, 4.69) is 0 Å². The lowest BCUT2D eigenvalue weighted by Crippen LogP contribution is -2.09. The lowest BCUT2D eigenvalue weighted by Gasteiger charge is -2.26. The van der Waals surface area contributed by atoms with Crippen LogP contribution >= 0.6 is 0 Å². The highest BCUT2D eigenvalue weighted by Crippen LogP contribution is 2.51. The fourth-order valence-corrected chi connectivity index (χ4v) is 3.28. The van der Waals surface area contributed by atoms with Crippen molar-refractivity contribution in [2.75, 3.05) is 28.4 Å². The maximum Gasteiger partial charge on any atom is 0.203 e. The quantitative estimate of drug-likeness (QED) is 0.939. The molecule has 0 bridgehead atoms. The molecule has 0 aliphatic heterocycles. The maximum atomic E-state index is 10.3. The number of phenols is 1. The summed E-state index contributed by atoms with van der Waals surface area (Å²) in [6.07, 6.45) is 1.66. The Morgan fingerprint density at radius 3 is 2.13 bits per heavy atom. The second-order valence-electron chi connectivity index (χ2n) is 5.32. The monoisotopic (exact) mass is 316 g/mol. The van der Waals surface area contributed by atoms with Crippen molar-refractivity contribution in [1.82, 2.24) is 0 Å². The van der Waals surface area contributed by atoms with Crippen molar-refractivity contribution < 1.29 is 24.1 Å². The van der Waals surface area contributed by atoms with Crippen LogP contribution in [0.15, 0.2) is 18.2 Å². The highest BCUT2D eigenvalue weighted by Gasteiger charge is 2.28. The molecule has 122 valence electrons. The molecule has 0 radical (unpaired) electrons. The van der Waals surface area contributed by atoms with Crippen LogP contribution in [-0.4, -0.2) is 33.5 Å². The van der Waals surface area contributed by atoms with Gasteiger partial charge in [-0.1, -0.05) is 6.07 Å². The van der Waals surface area contributed by atoms with E-state index in [1.165, 1.54) is 7.11 Å². The molecule has 5 nitrogen and oxygen atoms in total. The molecule has 0 heterocycles. The Kier molecular flexibility index (Phi) is 3.94. The highest BCUT2D eigenvalue weighted by atomic mass is 16.5. The molecule has 1 N–H and O–H groups in total. The molecule has 0 saturated carbocycles. The molecule has 1 aliphatic rings. The van der Waals surface area contributed by atoms with Gasteiger partial charge in [-0.3, -0.25) is 0 Å². The van der Waals surface area contributed by atoms with Gasteiger partial charge in [0.05, 0.1) is 28.4 Å². The van der Waals surface area contributed by atoms with Crippen molar-refractivity contribution in [1.29, 1.82) is 0 Å². The second-order valence-corrected chi connectivity index (χ2v) is 5.32. The predicted octanol–water partition coefficient (Wildman–Crippen LogP) is 3.19. The third-order valence-electron chi connectivity index (χ3n) is 4.27. The van der Waals surface area contributed by atoms with Gasteiger partial charge in [0.15, 0.2) is 23.0 Å². The summed E-state index contributed by atoms with van der Waals surface area (Å²) >= 11 is 0. The largest absolute Gasteiger partial charge is 0.504 e. The molecule has 0 atom stereocenters. The van der Waals surface area contributed by atoms with E-state index in [9.17, 15) is 5.11 Å². The standard InChI is InChI=1S/C18H20O5/c1-20-14-8-6-10-5-7-11-12(15(10)18(14)23-4)9-13(19)17(22-3)16(11)21-2/h6,8-9,19H,5,7H2,1-4H3. The van der Waals surface area contributed by atoms with Gasteiger partial charge in [0.25, 0.3) is 0 Å². The van der Waals surface area contributed by atoms with Crippen LogP contribution in [0.4, 0.5) is 0 Å². The number of ether oxygens (including phenoxy) is 4. The summed E-state index contributed by atoms with van der Waals surface area (Å²) in [4.78, 5) is 0. The Hall–Kier alpha value is -2.56. The number of methoxy groups -OCH3 is 4. The van der Waals surface area contributed by atoms with E-state index in [4.69, 9.17) is 18.9 Å². The first-order chi connectivity index (χ1) is 11.2. The Balaban J connectivity index is 2.35. The Bertz CT molecular complexity index is 752. The first-order valence-electron chi connectivity index (χ1n) is 7.37. The number of aromatic hydroxyl groups is 1. The predicted molar refractivity (Wildman–Crippen MR) is 87.2 cm³/mol. The second kappa shape index (κ2) is 5.91. The van der Waals surface area contributed by atoms with Crippen molar-refractivity contribution in [3.8, 4) is 39.9 Å². The zero-order valence-corrected chi connectivity index (χ0v) is 13.7. The summed E-state index contributed by atoms with van der Waals surface area (Å²) in [5.74, 6) is 2.29. The van der Waals surface area contributed by atoms with Crippen LogP contribution in [0.3, 0.4) is 0 Å². The fourth-order valence-electron chi connectivity index (χ4n) is 3.28. The molecular formula is C18H20O5. The first-order valence-corrected chi connectivity index (χ1v) is 7.37. The fraction of sp³-hybridized carbons (Fsp3) is 0.333. The van der Waals surface area contributed by atoms with Gasteiger partial charge in [-0.25, -0.2) is 0 Å². The van der Waals surface area contributed by atoms with Crippen molar-refractivity contribution >= 4 is 0 Å². The van der Waals surface area contributed by atoms with Crippen LogP contribution in [0.25, 0.3) is 11.1 Å². The number of fused-ring (bicyclic) bond motifs is 3. The molecule has 0 amide bonds. The summed E-state index contributed by atoms with van der Waals surface area (Å²) < 4.78 is 21.8. The zero-order valence-electron chi connectivity index (χ0n) is 13.7. The van der Waals surface area contributed by atoms with Gasteiger partial charge in [-0.15, -0.1) is 0 Å². The van der Waals surface area contributed by atoms with Gasteiger partial charge in [0.2, 0.25) is 5.75 Å². The minimum absolute atomic E-state index is 0.0424. The third-order valence-corrected chi connectivity index (χ3v) is 4.27. The number of rotatable bonds is 4. The molecule has 23 heavy (non-hydrogen) atoms. The van der Waals surface area contributed by atoms with Crippen molar-refractivity contribution in [3.63, 3.8) is 0 Å². The number of benzene rings is 2. The molecular weight excluding hydrogens is 296 g/mol. The molecule has 2 aromatic rings. The summed E-state index contributed by atoms with van der Waals surface area (Å²) in [7, 11) is 6.33. The van der Waals surface area contributed by atoms with Crippen molar-refractivity contribution in [2.45, 2.75) is 12.8 Å². The van der Waals surface area contributed by atoms with E-state index < -0.39 is 0 Å². The van der Waals surface area contributed by atoms with Crippen LogP contribution in [0, 0.1) is 0 Å². The van der Waals surface area contributed by atoms with E-state index in [1.807, 2.05) is 12.1 Å². The summed E-state index contributed by atoms with van der Waals surface area (Å²) in [6.45, 7) is 0. The average Bonchev–Trinajstić information content (AvgIpc) is 2.58. The molecule has 2 aromatic carbocycles. The minimum Gasteiger partial charge on any atom is -0.504 e. The van der Waals surface area contributed by atoms with Crippen molar-refractivity contribution in [3.05, 3.63) is 29.3 Å². The normalized spacial score (nSPS) is 12.2. The number of hydrogen-bond donors (Lipinski definition) is 1. The lowest BCUT2D eigenvalue weighted by atomic mass is 9.84. The Labute approximate surface area is 135 Å². The van der Waals surface area contributed by atoms with E-state index in [0.717, 1.165) is 35.1 Å². The molecule has 0 unspecified atom stereocenters. The highest BCUT2D eigenvalue weighted by molar-refractivity contribution is 5.85. The van der Waals surface area contributed by atoms with Crippen LogP contribution < -0.4 is 18.9 Å². The van der Waals surface area contributed by atoms with Crippen LogP contribution in [0.5, 0.6) is 28.7 Å². The van der Waals surface area contributed by atoms with Crippen LogP contribution in [0.2, 0.25) is 0 Å². The maximum absolute atomic E-state index is 10.3. The number of hydrogen-bond acceptors (Lipinski definition) is 5. The van der Waals surface area contributed by atoms with E-state index in [0.29, 0.717) is 23.0 Å². The van der Waals surface area contributed by atoms with Gasteiger partial charge in [-0.2, -0.15) is 0 Å². The molecule has 0 fully saturated rings. The van der Waals surface area contributed by atoms with Gasteiger partial charge in [-0.05, 0) is 36.1 Å². The van der Waals surface area contributed by atoms with Gasteiger partial charge in [0, 0.05) is 11.1 Å². The third kappa shape index (κ3) is 2.23. The summed E-state index contributed by atoms with van der Waals surface area (Å²) in [5, 5.41) is 10.3. The van der Waals surface area contributed by atoms with Gasteiger partial charge < -0.3 is 24.1 Å². The van der Waals surface area contributed by atoms with E-state index in [-0.39, 0.29) is 5.75 Å². The minimum atomic E-state index is 0.0424. The molecule has 5 heteroatoms. The lowest BCUT2D eigenvalue weighted by molar-refractivity contribution is 0.330. The zero-order chi connectivity index (χ0) is 16.6. The SMILES string of the molecule is COc1ccc2c(c1OC)-c1cc(O)c(OC)c(OC)c1CC2. The smallest absolute Gasteiger partial charge is 0.203 e. The van der Waals surface area contributed by atoms with Gasteiger partial charge in [0.1, 0.15) is 0 Å². The Morgan fingerprint density at radius 1 is 0.826 bits per heavy atom. The molecule has 0 aromatic heterocycles. The first kappa shape index (κ1) is 15.3. The van der Waals surface area contributed by atoms with Crippen LogP contribution in [0.1, 0.15) is 11.1 Å². The van der Waals surface area contributed by atoms with E-state index >= 15 is 0 Å². The molecule has 3 rings (SSSR count). The summed E-state index contributed by atoms with van der Waals surface area (Å²) in [5.41, 5.74) is 3.98. The molecule has 0 saturated heterocycles.